The lowest BCUT2D eigenvalue weighted by molar-refractivity contribution is -0.146. The highest BCUT2D eigenvalue weighted by molar-refractivity contribution is 5.94. The van der Waals surface area contributed by atoms with E-state index in [1.807, 2.05) is 0 Å². The van der Waals surface area contributed by atoms with E-state index in [1.54, 1.807) is 36.4 Å². The smallest absolute Gasteiger partial charge is 0.344 e. The molecule has 0 aromatic heterocycles. The van der Waals surface area contributed by atoms with Gasteiger partial charge in [0.1, 0.15) is 19.0 Å². The summed E-state index contributed by atoms with van der Waals surface area (Å²) in [6.45, 7) is 1.17. The molecule has 0 fully saturated rings. The molecule has 0 atom stereocenters. The van der Waals surface area contributed by atoms with Crippen molar-refractivity contribution in [1.29, 1.82) is 0 Å². The number of rotatable bonds is 8. The van der Waals surface area contributed by atoms with Crippen LogP contribution < -0.4 is 9.47 Å². The first-order valence-electron chi connectivity index (χ1n) is 7.33. The molecule has 5 nitrogen and oxygen atoms in total. The van der Waals surface area contributed by atoms with Crippen molar-refractivity contribution >= 4 is 11.8 Å². The number of benzene rings is 2. The summed E-state index contributed by atoms with van der Waals surface area (Å²) in [4.78, 5) is 22.8. The van der Waals surface area contributed by atoms with Crippen LogP contribution >= 0.6 is 0 Å². The Balaban J connectivity index is 1.69. The molecule has 24 heavy (non-hydrogen) atoms. The average molecular weight is 332 g/mol. The van der Waals surface area contributed by atoms with Crippen LogP contribution in [0.3, 0.4) is 0 Å². The van der Waals surface area contributed by atoms with Gasteiger partial charge in [-0.05, 0) is 31.2 Å². The molecule has 2 aromatic rings. The van der Waals surface area contributed by atoms with E-state index in [0.717, 1.165) is 0 Å². The van der Waals surface area contributed by atoms with Crippen LogP contribution in [0, 0.1) is 5.82 Å². The van der Waals surface area contributed by atoms with Crippen molar-refractivity contribution in [2.24, 2.45) is 0 Å². The van der Waals surface area contributed by atoms with Gasteiger partial charge in [-0.3, -0.25) is 4.79 Å². The number of Topliss-reactive ketones (excluding diaryl/α,β-unsaturated/α-hetero) is 1. The van der Waals surface area contributed by atoms with E-state index < -0.39 is 11.8 Å². The van der Waals surface area contributed by atoms with E-state index in [4.69, 9.17) is 14.2 Å². The number of ether oxygens (including phenoxy) is 3. The van der Waals surface area contributed by atoms with E-state index >= 15 is 0 Å². The van der Waals surface area contributed by atoms with E-state index in [-0.39, 0.29) is 31.4 Å². The van der Waals surface area contributed by atoms with E-state index in [1.165, 1.54) is 19.1 Å². The largest absolute Gasteiger partial charge is 0.487 e. The molecule has 0 N–H and O–H groups in total. The standard InChI is InChI=1S/C18H17FO5/c1-13(20)14-5-4-6-15(11-14)24-12-18(21)23-10-9-22-17-8-3-2-7-16(17)19/h2-8,11H,9-10,12H2,1H3. The van der Waals surface area contributed by atoms with Crippen LogP contribution in [0.5, 0.6) is 11.5 Å². The number of carbonyl (C=O) groups is 2. The van der Waals surface area contributed by atoms with Gasteiger partial charge in [0.2, 0.25) is 0 Å². The van der Waals surface area contributed by atoms with E-state index in [2.05, 4.69) is 0 Å². The van der Waals surface area contributed by atoms with Crippen molar-refractivity contribution in [3.63, 3.8) is 0 Å². The highest BCUT2D eigenvalue weighted by Crippen LogP contribution is 2.15. The Bertz CT molecular complexity index is 714. The molecular weight excluding hydrogens is 315 g/mol. The fraction of sp³-hybridized carbons (Fsp3) is 0.222. The first kappa shape index (κ1) is 17.5. The Hall–Kier alpha value is -2.89. The number of para-hydroxylation sites is 1. The lowest BCUT2D eigenvalue weighted by atomic mass is 10.1. The third-order valence-electron chi connectivity index (χ3n) is 3.04. The number of carbonyl (C=O) groups excluding carboxylic acids is 2. The van der Waals surface area contributed by atoms with Crippen LogP contribution in [0.1, 0.15) is 17.3 Å². The van der Waals surface area contributed by atoms with Gasteiger partial charge in [-0.1, -0.05) is 24.3 Å². The summed E-state index contributed by atoms with van der Waals surface area (Å²) >= 11 is 0. The van der Waals surface area contributed by atoms with Crippen molar-refractivity contribution in [1.82, 2.24) is 0 Å². The minimum atomic E-state index is -0.583. The van der Waals surface area contributed by atoms with Crippen LogP contribution in [-0.2, 0) is 9.53 Å². The Kier molecular flexibility index (Phi) is 6.31. The van der Waals surface area contributed by atoms with Crippen LogP contribution in [0.25, 0.3) is 0 Å². The molecule has 6 heteroatoms. The van der Waals surface area contributed by atoms with E-state index in [0.29, 0.717) is 11.3 Å². The summed E-state index contributed by atoms with van der Waals surface area (Å²) in [7, 11) is 0. The summed E-state index contributed by atoms with van der Waals surface area (Å²) < 4.78 is 28.6. The predicted octanol–water partition coefficient (Wildman–Crippen LogP) is 3.03. The third kappa shape index (κ3) is 5.39. The highest BCUT2D eigenvalue weighted by atomic mass is 19.1. The Morgan fingerprint density at radius 3 is 2.54 bits per heavy atom. The van der Waals surface area contributed by atoms with Crippen LogP contribution in [-0.4, -0.2) is 31.6 Å². The van der Waals surface area contributed by atoms with Crippen molar-refractivity contribution in [2.45, 2.75) is 6.92 Å². The van der Waals surface area contributed by atoms with Gasteiger partial charge >= 0.3 is 5.97 Å². The van der Waals surface area contributed by atoms with Gasteiger partial charge in [0.05, 0.1) is 0 Å². The molecule has 0 saturated carbocycles. The van der Waals surface area contributed by atoms with Crippen molar-refractivity contribution in [2.75, 3.05) is 19.8 Å². The van der Waals surface area contributed by atoms with Gasteiger partial charge in [-0.2, -0.15) is 0 Å². The Labute approximate surface area is 139 Å². The normalized spacial score (nSPS) is 10.1. The molecule has 0 amide bonds. The Morgan fingerprint density at radius 1 is 1.00 bits per heavy atom. The summed E-state index contributed by atoms with van der Waals surface area (Å²) in [5, 5.41) is 0. The second-order valence-electron chi connectivity index (χ2n) is 4.87. The maximum absolute atomic E-state index is 13.3. The molecule has 0 aliphatic carbocycles. The van der Waals surface area contributed by atoms with Crippen LogP contribution in [0.4, 0.5) is 4.39 Å². The van der Waals surface area contributed by atoms with Crippen LogP contribution in [0.2, 0.25) is 0 Å². The Morgan fingerprint density at radius 2 is 1.79 bits per heavy atom. The molecule has 0 radical (unpaired) electrons. The van der Waals surface area contributed by atoms with Gasteiger partial charge in [0.15, 0.2) is 24.0 Å². The number of ketones is 1. The van der Waals surface area contributed by atoms with Gasteiger partial charge in [0.25, 0.3) is 0 Å². The maximum Gasteiger partial charge on any atom is 0.344 e. The summed E-state index contributed by atoms with van der Waals surface area (Å²) in [6.07, 6.45) is 0. The number of hydrogen-bond donors (Lipinski definition) is 0. The first-order valence-corrected chi connectivity index (χ1v) is 7.33. The van der Waals surface area contributed by atoms with Crippen molar-refractivity contribution in [3.8, 4) is 11.5 Å². The van der Waals surface area contributed by atoms with E-state index in [9.17, 15) is 14.0 Å². The summed E-state index contributed by atoms with van der Waals surface area (Å²) in [5.41, 5.74) is 0.499. The zero-order valence-electron chi connectivity index (χ0n) is 13.2. The SMILES string of the molecule is CC(=O)c1cccc(OCC(=O)OCCOc2ccccc2F)c1. The third-order valence-corrected chi connectivity index (χ3v) is 3.04. The summed E-state index contributed by atoms with van der Waals surface area (Å²) in [5.74, 6) is -0.640. The van der Waals surface area contributed by atoms with Gasteiger partial charge in [-0.15, -0.1) is 0 Å². The number of esters is 1. The molecule has 0 heterocycles. The van der Waals surface area contributed by atoms with Gasteiger partial charge in [0, 0.05) is 5.56 Å². The predicted molar refractivity (Wildman–Crippen MR) is 84.8 cm³/mol. The molecule has 0 spiro atoms. The van der Waals surface area contributed by atoms with Crippen molar-refractivity contribution in [3.05, 3.63) is 59.9 Å². The summed E-state index contributed by atoms with van der Waals surface area (Å²) in [6, 6.07) is 12.5. The zero-order valence-corrected chi connectivity index (χ0v) is 13.2. The molecule has 2 aromatic carbocycles. The van der Waals surface area contributed by atoms with Crippen LogP contribution in [0.15, 0.2) is 48.5 Å². The minimum absolute atomic E-state index is 0.0238. The van der Waals surface area contributed by atoms with Gasteiger partial charge in [-0.25, -0.2) is 9.18 Å². The molecule has 0 aliphatic heterocycles. The molecule has 126 valence electrons. The molecular formula is C18H17FO5. The molecule has 0 unspecified atom stereocenters. The second kappa shape index (κ2) is 8.67. The molecule has 0 aliphatic rings. The maximum atomic E-state index is 13.3. The van der Waals surface area contributed by atoms with Crippen molar-refractivity contribution < 1.29 is 28.2 Å². The zero-order chi connectivity index (χ0) is 17.4. The highest BCUT2D eigenvalue weighted by Gasteiger charge is 2.07. The monoisotopic (exact) mass is 332 g/mol. The van der Waals surface area contributed by atoms with Gasteiger partial charge < -0.3 is 14.2 Å². The topological polar surface area (TPSA) is 61.8 Å². The molecule has 2 rings (SSSR count). The fourth-order valence-electron chi connectivity index (χ4n) is 1.86. The molecule has 0 bridgehead atoms. The first-order chi connectivity index (χ1) is 11.6. The second-order valence-corrected chi connectivity index (χ2v) is 4.87. The fourth-order valence-corrected chi connectivity index (χ4v) is 1.86. The molecule has 0 saturated heterocycles. The average Bonchev–Trinajstić information content (AvgIpc) is 2.58. The lowest BCUT2D eigenvalue weighted by Gasteiger charge is -2.09. The lowest BCUT2D eigenvalue weighted by Crippen LogP contribution is -2.18. The minimum Gasteiger partial charge on any atom is -0.487 e. The quantitative estimate of drug-likeness (QED) is 0.422. The number of halogens is 1. The number of hydrogen-bond acceptors (Lipinski definition) is 5.